The number of nitrogens with zero attached hydrogens (tertiary/aromatic N) is 1. The van der Waals surface area contributed by atoms with Crippen molar-refractivity contribution >= 4 is 42.8 Å². The Kier molecular flexibility index (Phi) is 5.68. The first kappa shape index (κ1) is 18.2. The molecule has 0 amide bonds. The van der Waals surface area contributed by atoms with E-state index in [1.165, 1.54) is 3.57 Å². The molecule has 0 fully saturated rings. The fourth-order valence-electron chi connectivity index (χ4n) is 1.75. The van der Waals surface area contributed by atoms with Crippen LogP contribution in [0.5, 0.6) is 5.75 Å². The summed E-state index contributed by atoms with van der Waals surface area (Å²) < 4.78 is 7.51. The van der Waals surface area contributed by atoms with Gasteiger partial charge in [0.25, 0.3) is 0 Å². The van der Waals surface area contributed by atoms with Gasteiger partial charge in [-0.15, -0.1) is 0 Å². The summed E-state index contributed by atoms with van der Waals surface area (Å²) in [7, 11) is -1.77. The summed E-state index contributed by atoms with van der Waals surface area (Å²) in [5.74, 6) is 0.947. The van der Waals surface area contributed by atoms with E-state index in [-0.39, 0.29) is 5.04 Å². The molecule has 0 aromatic heterocycles. The van der Waals surface area contributed by atoms with Gasteiger partial charge in [0.05, 0.1) is 5.69 Å². The van der Waals surface area contributed by atoms with Crippen LogP contribution < -0.4 is 4.43 Å². The molecule has 0 heterocycles. The van der Waals surface area contributed by atoms with Gasteiger partial charge in [-0.3, -0.25) is 4.99 Å². The van der Waals surface area contributed by atoms with Crippen molar-refractivity contribution < 1.29 is 4.43 Å². The molecule has 4 heteroatoms. The van der Waals surface area contributed by atoms with Gasteiger partial charge in [-0.1, -0.05) is 20.8 Å². The normalized spacial score (nSPS) is 12.6. The molecule has 0 N–H and O–H groups in total. The zero-order chi connectivity index (χ0) is 17.1. The third kappa shape index (κ3) is 5.17. The number of benzene rings is 2. The van der Waals surface area contributed by atoms with Gasteiger partial charge in [0.15, 0.2) is 0 Å². The molecule has 0 atom stereocenters. The van der Waals surface area contributed by atoms with Crippen molar-refractivity contribution in [3.63, 3.8) is 0 Å². The summed E-state index contributed by atoms with van der Waals surface area (Å²) in [6.45, 7) is 11.3. The second-order valence-corrected chi connectivity index (χ2v) is 13.1. The van der Waals surface area contributed by atoms with E-state index in [1.807, 2.05) is 30.5 Å². The molecule has 0 spiro atoms. The molecule has 0 saturated heterocycles. The van der Waals surface area contributed by atoms with Crippen molar-refractivity contribution in [2.45, 2.75) is 38.9 Å². The Labute approximate surface area is 154 Å². The predicted octanol–water partition coefficient (Wildman–Crippen LogP) is 6.43. The maximum absolute atomic E-state index is 6.29. The molecular formula is C19H24INOSi. The second kappa shape index (κ2) is 7.17. The van der Waals surface area contributed by atoms with E-state index in [0.29, 0.717) is 0 Å². The highest BCUT2D eigenvalue weighted by Gasteiger charge is 2.38. The van der Waals surface area contributed by atoms with Crippen LogP contribution in [0.4, 0.5) is 5.69 Å². The van der Waals surface area contributed by atoms with Gasteiger partial charge in [-0.25, -0.2) is 0 Å². The van der Waals surface area contributed by atoms with Crippen LogP contribution in [0.2, 0.25) is 18.1 Å². The highest BCUT2D eigenvalue weighted by atomic mass is 127. The van der Waals surface area contributed by atoms with Crippen LogP contribution in [-0.2, 0) is 0 Å². The first-order chi connectivity index (χ1) is 10.7. The average Bonchev–Trinajstić information content (AvgIpc) is 2.47. The van der Waals surface area contributed by atoms with Gasteiger partial charge < -0.3 is 4.43 Å². The zero-order valence-electron chi connectivity index (χ0n) is 14.4. The smallest absolute Gasteiger partial charge is 0.250 e. The van der Waals surface area contributed by atoms with Crippen LogP contribution in [-0.4, -0.2) is 14.5 Å². The SMILES string of the molecule is CC(C)(C)[Si](C)(C)Oc1ccc(/C=N/c2ccc(I)cc2)cc1. The minimum atomic E-state index is -1.77. The van der Waals surface area contributed by atoms with Crippen molar-refractivity contribution in [2.24, 2.45) is 4.99 Å². The topological polar surface area (TPSA) is 21.6 Å². The summed E-state index contributed by atoms with van der Waals surface area (Å²) in [5, 5.41) is 0.206. The predicted molar refractivity (Wildman–Crippen MR) is 111 cm³/mol. The molecule has 2 rings (SSSR count). The van der Waals surface area contributed by atoms with Crippen LogP contribution in [0, 0.1) is 3.57 Å². The van der Waals surface area contributed by atoms with E-state index in [4.69, 9.17) is 4.43 Å². The lowest BCUT2D eigenvalue weighted by molar-refractivity contribution is 0.492. The minimum Gasteiger partial charge on any atom is -0.544 e. The first-order valence-electron chi connectivity index (χ1n) is 7.76. The van der Waals surface area contributed by atoms with Crippen LogP contribution in [0.15, 0.2) is 53.5 Å². The van der Waals surface area contributed by atoms with E-state index in [9.17, 15) is 0 Å². The Morgan fingerprint density at radius 2 is 1.52 bits per heavy atom. The Hall–Kier alpha value is -1.14. The Balaban J connectivity index is 2.06. The molecule has 0 bridgehead atoms. The standard InChI is InChI=1S/C19H24INOSi/c1-19(2,3)23(4,5)22-18-12-6-15(7-13-18)14-21-17-10-8-16(20)9-11-17/h6-14H,1-5H3/b21-14+. The molecular weight excluding hydrogens is 413 g/mol. The van der Waals surface area contributed by atoms with Crippen LogP contribution >= 0.6 is 22.6 Å². The molecule has 122 valence electrons. The van der Waals surface area contributed by atoms with Crippen molar-refractivity contribution in [3.8, 4) is 5.75 Å². The molecule has 2 nitrogen and oxygen atoms in total. The molecule has 0 unspecified atom stereocenters. The third-order valence-electron chi connectivity index (χ3n) is 4.25. The van der Waals surface area contributed by atoms with E-state index < -0.39 is 8.32 Å². The lowest BCUT2D eigenvalue weighted by atomic mass is 10.2. The number of hydrogen-bond acceptors (Lipinski definition) is 2. The summed E-state index contributed by atoms with van der Waals surface area (Å²) in [5.41, 5.74) is 2.04. The van der Waals surface area contributed by atoms with E-state index >= 15 is 0 Å². The van der Waals surface area contributed by atoms with Gasteiger partial charge in [0.1, 0.15) is 5.75 Å². The average molecular weight is 437 g/mol. The Bertz CT molecular complexity index is 670. The van der Waals surface area contributed by atoms with E-state index in [1.54, 1.807) is 0 Å². The minimum absolute atomic E-state index is 0.206. The van der Waals surface area contributed by atoms with Crippen molar-refractivity contribution in [2.75, 3.05) is 0 Å². The number of rotatable bonds is 4. The van der Waals surface area contributed by atoms with E-state index in [2.05, 4.69) is 85.7 Å². The molecule has 0 aliphatic rings. The van der Waals surface area contributed by atoms with Crippen molar-refractivity contribution in [1.82, 2.24) is 0 Å². The van der Waals surface area contributed by atoms with Crippen LogP contribution in [0.1, 0.15) is 26.3 Å². The molecule has 0 aliphatic carbocycles. The monoisotopic (exact) mass is 437 g/mol. The highest BCUT2D eigenvalue weighted by Crippen LogP contribution is 2.37. The number of aliphatic imine (C=N–C) groups is 1. The Morgan fingerprint density at radius 3 is 2.04 bits per heavy atom. The van der Waals surface area contributed by atoms with Gasteiger partial charge in [-0.2, -0.15) is 0 Å². The van der Waals surface area contributed by atoms with Crippen LogP contribution in [0.3, 0.4) is 0 Å². The van der Waals surface area contributed by atoms with Gasteiger partial charge in [-0.05, 0) is 94.8 Å². The van der Waals surface area contributed by atoms with E-state index in [0.717, 1.165) is 17.0 Å². The van der Waals surface area contributed by atoms with Gasteiger partial charge in [0, 0.05) is 9.78 Å². The molecule has 2 aromatic carbocycles. The molecule has 23 heavy (non-hydrogen) atoms. The second-order valence-electron chi connectivity index (χ2n) is 7.17. The molecule has 0 aliphatic heterocycles. The highest BCUT2D eigenvalue weighted by molar-refractivity contribution is 14.1. The number of hydrogen-bond donors (Lipinski definition) is 0. The molecule has 2 aromatic rings. The summed E-state index contributed by atoms with van der Waals surface area (Å²) in [6, 6.07) is 16.3. The van der Waals surface area contributed by atoms with Crippen molar-refractivity contribution in [3.05, 3.63) is 57.7 Å². The third-order valence-corrected chi connectivity index (χ3v) is 9.33. The maximum Gasteiger partial charge on any atom is 0.250 e. The fourth-order valence-corrected chi connectivity index (χ4v) is 3.14. The lowest BCUT2D eigenvalue weighted by Gasteiger charge is -2.36. The summed E-state index contributed by atoms with van der Waals surface area (Å²) in [4.78, 5) is 4.50. The van der Waals surface area contributed by atoms with Crippen molar-refractivity contribution in [1.29, 1.82) is 0 Å². The van der Waals surface area contributed by atoms with Gasteiger partial charge >= 0.3 is 0 Å². The summed E-state index contributed by atoms with van der Waals surface area (Å²) in [6.07, 6.45) is 1.89. The molecule has 0 radical (unpaired) electrons. The largest absolute Gasteiger partial charge is 0.544 e. The lowest BCUT2D eigenvalue weighted by Crippen LogP contribution is -2.43. The maximum atomic E-state index is 6.29. The zero-order valence-corrected chi connectivity index (χ0v) is 17.6. The molecule has 0 saturated carbocycles. The Morgan fingerprint density at radius 1 is 0.957 bits per heavy atom. The first-order valence-corrected chi connectivity index (χ1v) is 11.7. The fraction of sp³-hybridized carbons (Fsp3) is 0.316. The van der Waals surface area contributed by atoms with Crippen LogP contribution in [0.25, 0.3) is 0 Å². The number of halogens is 1. The summed E-state index contributed by atoms with van der Waals surface area (Å²) >= 11 is 2.29. The quantitative estimate of drug-likeness (QED) is 0.307. The van der Waals surface area contributed by atoms with Gasteiger partial charge in [0.2, 0.25) is 8.32 Å².